The van der Waals surface area contributed by atoms with Crippen LogP contribution in [0.25, 0.3) is 0 Å². The first-order valence-corrected chi connectivity index (χ1v) is 16.3. The molecule has 0 aromatic carbocycles. The van der Waals surface area contributed by atoms with Gasteiger partial charge in [-0.15, -0.1) is 0 Å². The quantitative estimate of drug-likeness (QED) is 0.483. The number of carbonyl (C=O) groups excluding carboxylic acids is 1. The maximum Gasteiger partial charge on any atom is 0.338 e. The summed E-state index contributed by atoms with van der Waals surface area (Å²) in [4.78, 5) is 12.5. The highest BCUT2D eigenvalue weighted by atomic mass is 28.4. The second kappa shape index (κ2) is 8.14. The van der Waals surface area contributed by atoms with E-state index in [4.69, 9.17) is 13.6 Å². The smallest absolute Gasteiger partial charge is 0.338 e. The monoisotopic (exact) mass is 432 g/mol. The summed E-state index contributed by atoms with van der Waals surface area (Å²) in [6.45, 7) is 24.1. The normalized spacial score (nSPS) is 30.2. The Morgan fingerprint density at radius 1 is 0.893 bits per heavy atom. The first kappa shape index (κ1) is 25.8. The average molecular weight is 433 g/mol. The summed E-state index contributed by atoms with van der Waals surface area (Å²) in [5.41, 5.74) is -1.57. The minimum absolute atomic E-state index is 0.0450. The van der Waals surface area contributed by atoms with Gasteiger partial charge in [0.25, 0.3) is 0 Å². The van der Waals surface area contributed by atoms with Gasteiger partial charge in [0, 0.05) is 18.8 Å². The van der Waals surface area contributed by atoms with Crippen molar-refractivity contribution in [2.24, 2.45) is 5.92 Å². The Morgan fingerprint density at radius 3 is 1.46 bits per heavy atom. The van der Waals surface area contributed by atoms with Crippen LogP contribution in [-0.4, -0.2) is 52.6 Å². The van der Waals surface area contributed by atoms with Gasteiger partial charge < -0.3 is 18.7 Å². The maximum absolute atomic E-state index is 12.5. The molecule has 1 fully saturated rings. The molecule has 1 N–H and O–H groups in total. The van der Waals surface area contributed by atoms with Gasteiger partial charge in [-0.1, -0.05) is 48.5 Å². The second-order valence-corrected chi connectivity index (χ2v) is 21.1. The zero-order valence-electron chi connectivity index (χ0n) is 20.2. The van der Waals surface area contributed by atoms with Crippen LogP contribution in [0.5, 0.6) is 0 Å². The standard InChI is InChI=1S/C21H44O5Si2/c1-15-16(25-27(9,10)19(2,3)4)13-21(23,18(22)24-8)14-17(15)26-28(11,12)20(5,6)7/h15-17,23H,13-14H2,1-12H3. The molecule has 28 heavy (non-hydrogen) atoms. The van der Waals surface area contributed by atoms with E-state index in [9.17, 15) is 9.90 Å². The summed E-state index contributed by atoms with van der Waals surface area (Å²) in [5.74, 6) is -0.500. The molecule has 7 heteroatoms. The van der Waals surface area contributed by atoms with Crippen LogP contribution in [0.4, 0.5) is 0 Å². The van der Waals surface area contributed by atoms with Gasteiger partial charge in [-0.3, -0.25) is 0 Å². The highest BCUT2D eigenvalue weighted by Crippen LogP contribution is 2.45. The number of aliphatic hydroxyl groups is 1. The molecule has 0 bridgehead atoms. The molecule has 5 nitrogen and oxygen atoms in total. The van der Waals surface area contributed by atoms with E-state index < -0.39 is 28.2 Å². The van der Waals surface area contributed by atoms with Crippen molar-refractivity contribution in [2.75, 3.05) is 7.11 Å². The molecule has 0 aliphatic heterocycles. The molecule has 1 aliphatic carbocycles. The van der Waals surface area contributed by atoms with E-state index in [-0.39, 0.29) is 41.0 Å². The molecule has 0 spiro atoms. The number of esters is 1. The highest BCUT2D eigenvalue weighted by molar-refractivity contribution is 6.74. The summed E-state index contributed by atoms with van der Waals surface area (Å²) in [5, 5.41) is 11.3. The van der Waals surface area contributed by atoms with Gasteiger partial charge in [-0.2, -0.15) is 0 Å². The van der Waals surface area contributed by atoms with Gasteiger partial charge in [0.15, 0.2) is 22.2 Å². The number of ether oxygens (including phenoxy) is 1. The molecule has 0 aromatic rings. The molecule has 0 saturated heterocycles. The first-order chi connectivity index (χ1) is 12.3. The zero-order valence-corrected chi connectivity index (χ0v) is 22.2. The minimum atomic E-state index is -2.07. The van der Waals surface area contributed by atoms with Crippen molar-refractivity contribution in [1.82, 2.24) is 0 Å². The van der Waals surface area contributed by atoms with Gasteiger partial charge in [-0.05, 0) is 36.3 Å². The Hall–Kier alpha value is -0.216. The summed E-state index contributed by atoms with van der Waals surface area (Å²) < 4.78 is 18.3. The predicted molar refractivity (Wildman–Crippen MR) is 120 cm³/mol. The van der Waals surface area contributed by atoms with Crippen LogP contribution in [0.3, 0.4) is 0 Å². The Bertz CT molecular complexity index is 522. The van der Waals surface area contributed by atoms with Crippen molar-refractivity contribution in [3.05, 3.63) is 0 Å². The van der Waals surface area contributed by atoms with Crippen LogP contribution in [0, 0.1) is 5.92 Å². The van der Waals surface area contributed by atoms with Crippen LogP contribution < -0.4 is 0 Å². The maximum atomic E-state index is 12.5. The number of carbonyl (C=O) groups is 1. The van der Waals surface area contributed by atoms with Gasteiger partial charge in [0.2, 0.25) is 0 Å². The second-order valence-electron chi connectivity index (χ2n) is 11.6. The molecule has 166 valence electrons. The van der Waals surface area contributed by atoms with Crippen LogP contribution in [-0.2, 0) is 18.4 Å². The summed E-state index contributed by atoms with van der Waals surface area (Å²) in [7, 11) is -2.82. The van der Waals surface area contributed by atoms with Crippen molar-refractivity contribution in [1.29, 1.82) is 0 Å². The molecule has 1 saturated carbocycles. The third-order valence-electron chi connectivity index (χ3n) is 7.32. The van der Waals surface area contributed by atoms with E-state index in [0.29, 0.717) is 0 Å². The molecule has 0 amide bonds. The lowest BCUT2D eigenvalue weighted by Gasteiger charge is -2.50. The topological polar surface area (TPSA) is 65.0 Å². The average Bonchev–Trinajstić information content (AvgIpc) is 2.48. The fourth-order valence-corrected chi connectivity index (χ4v) is 5.94. The lowest BCUT2D eigenvalue weighted by atomic mass is 9.75. The Kier molecular flexibility index (Phi) is 7.50. The van der Waals surface area contributed by atoms with E-state index >= 15 is 0 Å². The van der Waals surface area contributed by atoms with E-state index in [1.807, 2.05) is 0 Å². The highest BCUT2D eigenvalue weighted by Gasteiger charge is 2.54. The lowest BCUT2D eigenvalue weighted by molar-refractivity contribution is -0.179. The lowest BCUT2D eigenvalue weighted by Crippen LogP contribution is -2.59. The zero-order chi connectivity index (χ0) is 22.3. The molecule has 2 atom stereocenters. The summed E-state index contributed by atoms with van der Waals surface area (Å²) in [6.07, 6.45) is 0.0251. The van der Waals surface area contributed by atoms with E-state index in [1.165, 1.54) is 7.11 Å². The van der Waals surface area contributed by atoms with E-state index in [2.05, 4.69) is 74.7 Å². The largest absolute Gasteiger partial charge is 0.467 e. The van der Waals surface area contributed by atoms with Gasteiger partial charge in [0.05, 0.1) is 19.3 Å². The van der Waals surface area contributed by atoms with Crippen molar-refractivity contribution < 1.29 is 23.5 Å². The van der Waals surface area contributed by atoms with Crippen molar-refractivity contribution in [2.45, 2.75) is 115 Å². The third-order valence-corrected chi connectivity index (χ3v) is 16.3. The Balaban J connectivity index is 3.25. The van der Waals surface area contributed by atoms with Crippen LogP contribution in [0.1, 0.15) is 61.3 Å². The van der Waals surface area contributed by atoms with Crippen molar-refractivity contribution >= 4 is 22.6 Å². The number of hydrogen-bond acceptors (Lipinski definition) is 5. The number of hydrogen-bond donors (Lipinski definition) is 1. The molecule has 1 rings (SSSR count). The predicted octanol–water partition coefficient (Wildman–Crippen LogP) is 5.10. The van der Waals surface area contributed by atoms with Gasteiger partial charge in [0.1, 0.15) is 0 Å². The third kappa shape index (κ3) is 5.47. The number of methoxy groups -OCH3 is 1. The molecule has 0 aromatic heterocycles. The Morgan fingerprint density at radius 2 is 1.21 bits per heavy atom. The molecule has 0 radical (unpaired) electrons. The van der Waals surface area contributed by atoms with Crippen LogP contribution in [0.15, 0.2) is 0 Å². The van der Waals surface area contributed by atoms with Crippen LogP contribution >= 0.6 is 0 Å². The Labute approximate surface area is 174 Å². The van der Waals surface area contributed by atoms with Crippen molar-refractivity contribution in [3.63, 3.8) is 0 Å². The minimum Gasteiger partial charge on any atom is -0.467 e. The van der Waals surface area contributed by atoms with Gasteiger partial charge in [-0.25, -0.2) is 4.79 Å². The summed E-state index contributed by atoms with van der Waals surface area (Å²) >= 11 is 0. The molecule has 1 aliphatic rings. The van der Waals surface area contributed by atoms with E-state index in [0.717, 1.165) is 0 Å². The van der Waals surface area contributed by atoms with Crippen molar-refractivity contribution in [3.8, 4) is 0 Å². The molecule has 2 unspecified atom stereocenters. The fraction of sp³-hybridized carbons (Fsp3) is 0.952. The summed E-state index contributed by atoms with van der Waals surface area (Å²) in [6, 6.07) is 0. The van der Waals surface area contributed by atoms with E-state index in [1.54, 1.807) is 0 Å². The first-order valence-electron chi connectivity index (χ1n) is 10.4. The molecular formula is C21H44O5Si2. The molecule has 0 heterocycles. The fourth-order valence-electron chi connectivity index (χ4n) is 3.13. The van der Waals surface area contributed by atoms with Crippen LogP contribution in [0.2, 0.25) is 36.3 Å². The van der Waals surface area contributed by atoms with Gasteiger partial charge >= 0.3 is 5.97 Å². The SMILES string of the molecule is COC(=O)C1(O)CC(O[Si](C)(C)C(C)(C)C)C(C)C(O[Si](C)(C)C(C)(C)C)C1. The number of rotatable bonds is 5. The molecular weight excluding hydrogens is 388 g/mol.